The summed E-state index contributed by atoms with van der Waals surface area (Å²) >= 11 is 24.9. The Bertz CT molecular complexity index is 563. The van der Waals surface area contributed by atoms with Crippen LogP contribution in [0.2, 0.25) is 0 Å². The van der Waals surface area contributed by atoms with E-state index in [-0.39, 0.29) is 16.5 Å². The van der Waals surface area contributed by atoms with Crippen LogP contribution in [0.25, 0.3) is 0 Å². The topological polar surface area (TPSA) is 63.7 Å². The number of imide groups is 1. The number of carbonyl (C=O) groups excluding carboxylic acids is 3. The molecule has 3 aliphatic rings. The Labute approximate surface area is 133 Å². The van der Waals surface area contributed by atoms with E-state index in [0.717, 1.165) is 6.92 Å². The van der Waals surface area contributed by atoms with Crippen molar-refractivity contribution in [3.05, 3.63) is 10.1 Å². The van der Waals surface area contributed by atoms with Gasteiger partial charge in [0.1, 0.15) is 0 Å². The third-order valence-electron chi connectivity index (χ3n) is 3.91. The summed E-state index contributed by atoms with van der Waals surface area (Å²) in [5, 5.41) is 0.552. The van der Waals surface area contributed by atoms with Crippen molar-refractivity contribution < 1.29 is 19.2 Å². The third kappa shape index (κ3) is 1.44. The Morgan fingerprint density at radius 2 is 1.55 bits per heavy atom. The van der Waals surface area contributed by atoms with Gasteiger partial charge in [-0.1, -0.05) is 23.2 Å². The Balaban J connectivity index is 2.10. The quantitative estimate of drug-likeness (QED) is 0.532. The predicted octanol–water partition coefficient (Wildman–Crippen LogP) is 2.13. The molecule has 0 N–H and O–H groups in total. The molecule has 4 atom stereocenters. The van der Waals surface area contributed by atoms with Crippen LogP contribution in [0.1, 0.15) is 13.3 Å². The first-order chi connectivity index (χ1) is 9.14. The van der Waals surface area contributed by atoms with Crippen LogP contribution in [0.5, 0.6) is 0 Å². The number of alkyl halides is 2. The highest BCUT2D eigenvalue weighted by molar-refractivity contribution is 6.52. The standard InChI is InChI=1S/C11H7Cl4NO4/c1-3(17)20-16-8(18)4-5(9(16)19)11(15)2-10(4,14)6(12)7(11)13/h4-5H,2H2,1H3/t4-,5-,10+,11+/m1/s1. The normalized spacial score (nSPS) is 42.5. The molecule has 0 aromatic rings. The van der Waals surface area contributed by atoms with E-state index in [4.69, 9.17) is 46.4 Å². The summed E-state index contributed by atoms with van der Waals surface area (Å²) in [5.41, 5.74) is 0. The summed E-state index contributed by atoms with van der Waals surface area (Å²) in [7, 11) is 0. The molecule has 0 unspecified atom stereocenters. The number of amides is 2. The average Bonchev–Trinajstić information content (AvgIpc) is 2.81. The van der Waals surface area contributed by atoms with Gasteiger partial charge in [0.05, 0.1) is 31.6 Å². The van der Waals surface area contributed by atoms with Crippen molar-refractivity contribution in [2.45, 2.75) is 23.1 Å². The van der Waals surface area contributed by atoms with Crippen LogP contribution in [-0.2, 0) is 19.2 Å². The molecule has 9 heteroatoms. The first kappa shape index (κ1) is 14.4. The Kier molecular flexibility index (Phi) is 2.91. The molecule has 0 aromatic carbocycles. The molecule has 2 bridgehead atoms. The smallest absolute Gasteiger partial charge is 0.330 e. The summed E-state index contributed by atoms with van der Waals surface area (Å²) in [5.74, 6) is -4.21. The largest absolute Gasteiger partial charge is 0.331 e. The monoisotopic (exact) mass is 357 g/mol. The fourth-order valence-electron chi connectivity index (χ4n) is 3.17. The van der Waals surface area contributed by atoms with Gasteiger partial charge in [0, 0.05) is 6.92 Å². The number of hydroxylamine groups is 2. The summed E-state index contributed by atoms with van der Waals surface area (Å²) in [4.78, 5) is 37.5. The van der Waals surface area contributed by atoms with Crippen LogP contribution >= 0.6 is 46.4 Å². The molecule has 0 aromatic heterocycles. The number of nitrogens with zero attached hydrogens (tertiary/aromatic N) is 1. The van der Waals surface area contributed by atoms with Crippen LogP contribution < -0.4 is 0 Å². The fraction of sp³-hybridized carbons (Fsp3) is 0.545. The molecule has 20 heavy (non-hydrogen) atoms. The highest BCUT2D eigenvalue weighted by Crippen LogP contribution is 2.69. The van der Waals surface area contributed by atoms with Gasteiger partial charge in [0.15, 0.2) is 0 Å². The van der Waals surface area contributed by atoms with Crippen molar-refractivity contribution >= 4 is 64.2 Å². The average molecular weight is 359 g/mol. The Hall–Kier alpha value is -0.490. The number of fused-ring (bicyclic) bond motifs is 5. The zero-order chi connectivity index (χ0) is 15.0. The molecular weight excluding hydrogens is 352 g/mol. The minimum absolute atomic E-state index is 0.0721. The van der Waals surface area contributed by atoms with Crippen molar-refractivity contribution in [2.75, 3.05) is 0 Å². The number of rotatable bonds is 1. The van der Waals surface area contributed by atoms with Crippen molar-refractivity contribution in [1.29, 1.82) is 0 Å². The van der Waals surface area contributed by atoms with Gasteiger partial charge < -0.3 is 4.84 Å². The summed E-state index contributed by atoms with van der Waals surface area (Å²) < 4.78 is 0. The predicted molar refractivity (Wildman–Crippen MR) is 71.1 cm³/mol. The first-order valence-corrected chi connectivity index (χ1v) is 7.16. The minimum atomic E-state index is -1.33. The molecule has 3 rings (SSSR count). The van der Waals surface area contributed by atoms with Gasteiger partial charge in [0.25, 0.3) is 11.8 Å². The second-order valence-corrected chi connectivity index (χ2v) is 7.14. The van der Waals surface area contributed by atoms with Gasteiger partial charge in [-0.2, -0.15) is 0 Å². The molecule has 2 fully saturated rings. The number of halogens is 4. The molecule has 0 spiro atoms. The third-order valence-corrected chi connectivity index (χ3v) is 6.37. The van der Waals surface area contributed by atoms with Gasteiger partial charge in [-0.25, -0.2) is 4.79 Å². The van der Waals surface area contributed by atoms with Gasteiger partial charge >= 0.3 is 5.97 Å². The second kappa shape index (κ2) is 4.03. The lowest BCUT2D eigenvalue weighted by atomic mass is 9.84. The van der Waals surface area contributed by atoms with E-state index in [2.05, 4.69) is 4.84 Å². The number of hydrogen-bond donors (Lipinski definition) is 0. The second-order valence-electron chi connectivity index (χ2n) is 5.04. The van der Waals surface area contributed by atoms with E-state index >= 15 is 0 Å². The zero-order valence-electron chi connectivity index (χ0n) is 9.95. The SMILES string of the molecule is CC(=O)ON1C(=O)[C@H]2[C@H](C1=O)[C@@]1(Cl)C[C@@]2(Cl)C(Cl)=C1Cl. The molecule has 0 radical (unpaired) electrons. The van der Waals surface area contributed by atoms with Gasteiger partial charge in [-0.05, 0) is 6.42 Å². The molecule has 1 heterocycles. The van der Waals surface area contributed by atoms with Crippen LogP contribution in [0.3, 0.4) is 0 Å². The Morgan fingerprint density at radius 3 is 1.90 bits per heavy atom. The van der Waals surface area contributed by atoms with Gasteiger partial charge in [-0.15, -0.1) is 28.3 Å². The lowest BCUT2D eigenvalue weighted by Gasteiger charge is -2.28. The molecule has 1 aliphatic heterocycles. The van der Waals surface area contributed by atoms with E-state index in [1.165, 1.54) is 0 Å². The maximum atomic E-state index is 12.3. The molecule has 5 nitrogen and oxygen atoms in total. The van der Waals surface area contributed by atoms with Crippen LogP contribution in [0.15, 0.2) is 10.1 Å². The van der Waals surface area contributed by atoms with Crippen molar-refractivity contribution in [3.8, 4) is 0 Å². The van der Waals surface area contributed by atoms with Gasteiger partial charge in [0.2, 0.25) is 0 Å². The summed E-state index contributed by atoms with van der Waals surface area (Å²) in [6, 6.07) is 0. The van der Waals surface area contributed by atoms with Gasteiger partial charge in [-0.3, -0.25) is 9.59 Å². The number of hydrogen-bond acceptors (Lipinski definition) is 4. The van der Waals surface area contributed by atoms with E-state index in [9.17, 15) is 14.4 Å². The molecule has 2 aliphatic carbocycles. The van der Waals surface area contributed by atoms with Crippen molar-refractivity contribution in [1.82, 2.24) is 5.06 Å². The molecule has 1 saturated carbocycles. The minimum Gasteiger partial charge on any atom is -0.331 e. The highest BCUT2D eigenvalue weighted by atomic mass is 35.5. The summed E-state index contributed by atoms with van der Waals surface area (Å²) in [6.45, 7) is 1.08. The number of allylic oxidation sites excluding steroid dienone is 2. The zero-order valence-corrected chi connectivity index (χ0v) is 13.0. The number of carbonyl (C=O) groups is 3. The lowest BCUT2D eigenvalue weighted by molar-refractivity contribution is -0.197. The first-order valence-electron chi connectivity index (χ1n) is 5.65. The maximum absolute atomic E-state index is 12.3. The molecular formula is C11H7Cl4NO4. The fourth-order valence-corrected chi connectivity index (χ4v) is 5.09. The van der Waals surface area contributed by atoms with Crippen LogP contribution in [-0.4, -0.2) is 32.6 Å². The molecule has 2 amide bonds. The lowest BCUT2D eigenvalue weighted by Crippen LogP contribution is -2.38. The summed E-state index contributed by atoms with van der Waals surface area (Å²) in [6.07, 6.45) is 0.0848. The maximum Gasteiger partial charge on any atom is 0.330 e. The van der Waals surface area contributed by atoms with E-state index in [1.54, 1.807) is 0 Å². The van der Waals surface area contributed by atoms with Crippen LogP contribution in [0.4, 0.5) is 0 Å². The van der Waals surface area contributed by atoms with E-state index in [1.807, 2.05) is 0 Å². The highest BCUT2D eigenvalue weighted by Gasteiger charge is 2.77. The Morgan fingerprint density at radius 1 is 1.15 bits per heavy atom. The van der Waals surface area contributed by atoms with E-state index < -0.39 is 39.4 Å². The van der Waals surface area contributed by atoms with Crippen molar-refractivity contribution in [3.63, 3.8) is 0 Å². The molecule has 108 valence electrons. The molecule has 1 saturated heterocycles. The van der Waals surface area contributed by atoms with Crippen LogP contribution in [0, 0.1) is 11.8 Å². The van der Waals surface area contributed by atoms with E-state index in [0.29, 0.717) is 5.06 Å². The van der Waals surface area contributed by atoms with Crippen molar-refractivity contribution in [2.24, 2.45) is 11.8 Å².